The second-order valence-corrected chi connectivity index (χ2v) is 5.18. The Balaban J connectivity index is 2.54. The summed E-state index contributed by atoms with van der Waals surface area (Å²) in [6.07, 6.45) is 2.08. The van der Waals surface area contributed by atoms with Gasteiger partial charge in [0.25, 0.3) is 0 Å². The Labute approximate surface area is 103 Å². The fraction of sp³-hybridized carbons (Fsp3) is 0.500. The predicted octanol–water partition coefficient (Wildman–Crippen LogP) is 2.98. The van der Waals surface area contributed by atoms with E-state index in [1.165, 1.54) is 6.07 Å². The molecule has 2 N–H and O–H groups in total. The molecule has 1 aliphatic carbocycles. The lowest BCUT2D eigenvalue weighted by Crippen LogP contribution is -2.32. The number of ether oxygens (including phenoxy) is 1. The normalized spacial score (nSPS) is 19.3. The summed E-state index contributed by atoms with van der Waals surface area (Å²) in [6.45, 7) is 1.99. The molecule has 0 aromatic heterocycles. The highest BCUT2D eigenvalue weighted by Crippen LogP contribution is 2.54. The molecule has 1 fully saturated rings. The first-order chi connectivity index (χ1) is 7.53. The van der Waals surface area contributed by atoms with Gasteiger partial charge in [-0.15, -0.1) is 0 Å². The van der Waals surface area contributed by atoms with E-state index in [0.29, 0.717) is 10.2 Å². The Bertz CT molecular complexity index is 416. The van der Waals surface area contributed by atoms with Crippen molar-refractivity contribution in [2.45, 2.75) is 31.2 Å². The maximum Gasteiger partial charge on any atom is 0.141 e. The first kappa shape index (κ1) is 11.9. The zero-order chi connectivity index (χ0) is 11.9. The van der Waals surface area contributed by atoms with Gasteiger partial charge in [-0.1, -0.05) is 6.07 Å². The molecular formula is C12H15BrFNO. The highest BCUT2D eigenvalue weighted by molar-refractivity contribution is 9.10. The van der Waals surface area contributed by atoms with Gasteiger partial charge in [0.05, 0.1) is 11.6 Å². The molecule has 0 heterocycles. The average Bonchev–Trinajstić information content (AvgIpc) is 3.02. The summed E-state index contributed by atoms with van der Waals surface area (Å²) >= 11 is 3.22. The zero-order valence-corrected chi connectivity index (χ0v) is 11.0. The third-order valence-electron chi connectivity index (χ3n) is 3.45. The van der Waals surface area contributed by atoms with Crippen LogP contribution in [0.25, 0.3) is 0 Å². The summed E-state index contributed by atoms with van der Waals surface area (Å²) < 4.78 is 19.1. The van der Waals surface area contributed by atoms with Gasteiger partial charge in [-0.3, -0.25) is 0 Å². The van der Waals surface area contributed by atoms with Crippen LogP contribution in [0.1, 0.15) is 25.3 Å². The van der Waals surface area contributed by atoms with Crippen molar-refractivity contribution in [3.05, 3.63) is 28.0 Å². The Hall–Kier alpha value is -0.610. The molecule has 0 saturated heterocycles. The van der Waals surface area contributed by atoms with E-state index in [0.717, 1.165) is 18.4 Å². The van der Waals surface area contributed by atoms with Crippen molar-refractivity contribution in [2.75, 3.05) is 7.11 Å². The van der Waals surface area contributed by atoms with Gasteiger partial charge in [0.15, 0.2) is 0 Å². The summed E-state index contributed by atoms with van der Waals surface area (Å²) in [5.74, 6) is 0.274. The van der Waals surface area contributed by atoms with Crippen LogP contribution in [0.2, 0.25) is 0 Å². The van der Waals surface area contributed by atoms with Gasteiger partial charge < -0.3 is 10.5 Å². The van der Waals surface area contributed by atoms with Crippen molar-refractivity contribution in [2.24, 2.45) is 5.73 Å². The Morgan fingerprint density at radius 2 is 2.12 bits per heavy atom. The molecule has 1 aliphatic rings. The van der Waals surface area contributed by atoms with Gasteiger partial charge in [-0.25, -0.2) is 4.39 Å². The number of nitrogens with two attached hydrogens (primary N) is 1. The van der Waals surface area contributed by atoms with Crippen LogP contribution in [0, 0.1) is 5.82 Å². The second kappa shape index (κ2) is 4.00. The molecule has 1 saturated carbocycles. The molecule has 1 aromatic carbocycles. The van der Waals surface area contributed by atoms with E-state index >= 15 is 0 Å². The summed E-state index contributed by atoms with van der Waals surface area (Å²) in [5, 5.41) is 0. The molecule has 0 bridgehead atoms. The molecule has 4 heteroatoms. The first-order valence-electron chi connectivity index (χ1n) is 5.31. The molecule has 2 rings (SSSR count). The summed E-state index contributed by atoms with van der Waals surface area (Å²) in [5.41, 5.74) is 7.00. The van der Waals surface area contributed by atoms with Gasteiger partial charge in [0.1, 0.15) is 11.6 Å². The van der Waals surface area contributed by atoms with E-state index in [1.54, 1.807) is 13.2 Å². The molecule has 1 unspecified atom stereocenters. The first-order valence-corrected chi connectivity index (χ1v) is 6.10. The van der Waals surface area contributed by atoms with Gasteiger partial charge in [-0.05, 0) is 41.8 Å². The Morgan fingerprint density at radius 1 is 1.50 bits per heavy atom. The Kier molecular flexibility index (Phi) is 2.97. The lowest BCUT2D eigenvalue weighted by molar-refractivity contribution is 0.391. The number of halogens is 2. The third kappa shape index (κ3) is 1.64. The molecule has 0 amide bonds. The van der Waals surface area contributed by atoms with Crippen LogP contribution in [0.3, 0.4) is 0 Å². The number of methoxy groups -OCH3 is 1. The van der Waals surface area contributed by atoms with Crippen LogP contribution in [-0.2, 0) is 5.41 Å². The Morgan fingerprint density at radius 3 is 2.56 bits per heavy atom. The predicted molar refractivity (Wildman–Crippen MR) is 65.2 cm³/mol. The van der Waals surface area contributed by atoms with E-state index < -0.39 is 0 Å². The molecule has 88 valence electrons. The van der Waals surface area contributed by atoms with Crippen LogP contribution in [0.4, 0.5) is 4.39 Å². The summed E-state index contributed by atoms with van der Waals surface area (Å²) in [4.78, 5) is 0. The van der Waals surface area contributed by atoms with E-state index in [-0.39, 0.29) is 17.3 Å². The third-order valence-corrected chi connectivity index (χ3v) is 4.19. The zero-order valence-electron chi connectivity index (χ0n) is 9.39. The minimum absolute atomic E-state index is 0.0262. The maximum absolute atomic E-state index is 13.4. The molecule has 0 aliphatic heterocycles. The molecule has 1 atom stereocenters. The number of hydrogen-bond donors (Lipinski definition) is 1. The molecule has 0 spiro atoms. The molecular weight excluding hydrogens is 273 g/mol. The highest BCUT2D eigenvalue weighted by Gasteiger charge is 2.49. The van der Waals surface area contributed by atoms with Gasteiger partial charge in [-0.2, -0.15) is 0 Å². The lowest BCUT2D eigenvalue weighted by atomic mass is 9.89. The number of hydrogen-bond acceptors (Lipinski definition) is 2. The molecule has 16 heavy (non-hydrogen) atoms. The average molecular weight is 288 g/mol. The van der Waals surface area contributed by atoms with Crippen molar-refractivity contribution >= 4 is 15.9 Å². The smallest absolute Gasteiger partial charge is 0.141 e. The van der Waals surface area contributed by atoms with Crippen LogP contribution in [0.15, 0.2) is 16.6 Å². The maximum atomic E-state index is 13.4. The molecule has 1 aromatic rings. The topological polar surface area (TPSA) is 35.2 Å². The molecule has 0 radical (unpaired) electrons. The molecule has 2 nitrogen and oxygen atoms in total. The minimum Gasteiger partial charge on any atom is -0.495 e. The van der Waals surface area contributed by atoms with Crippen molar-refractivity contribution in [3.8, 4) is 5.75 Å². The van der Waals surface area contributed by atoms with Crippen molar-refractivity contribution in [3.63, 3.8) is 0 Å². The van der Waals surface area contributed by atoms with Crippen LogP contribution < -0.4 is 10.5 Å². The van der Waals surface area contributed by atoms with Gasteiger partial charge in [0.2, 0.25) is 0 Å². The lowest BCUT2D eigenvalue weighted by Gasteiger charge is -2.23. The van der Waals surface area contributed by atoms with Crippen LogP contribution in [-0.4, -0.2) is 13.2 Å². The second-order valence-electron chi connectivity index (χ2n) is 4.39. The fourth-order valence-electron chi connectivity index (χ4n) is 2.23. The summed E-state index contributed by atoms with van der Waals surface area (Å²) in [6, 6.07) is 3.30. The van der Waals surface area contributed by atoms with Crippen molar-refractivity contribution < 1.29 is 9.13 Å². The fourth-order valence-corrected chi connectivity index (χ4v) is 2.74. The SMILES string of the molecule is COc1c(C2(C(C)N)CC2)ccc(F)c1Br. The van der Waals surface area contributed by atoms with Crippen LogP contribution >= 0.6 is 15.9 Å². The van der Waals surface area contributed by atoms with E-state index in [2.05, 4.69) is 15.9 Å². The quantitative estimate of drug-likeness (QED) is 0.928. The van der Waals surface area contributed by atoms with E-state index in [1.807, 2.05) is 6.92 Å². The van der Waals surface area contributed by atoms with Gasteiger partial charge >= 0.3 is 0 Å². The van der Waals surface area contributed by atoms with Gasteiger partial charge in [0, 0.05) is 17.0 Å². The monoisotopic (exact) mass is 287 g/mol. The highest BCUT2D eigenvalue weighted by atomic mass is 79.9. The number of rotatable bonds is 3. The summed E-state index contributed by atoms with van der Waals surface area (Å²) in [7, 11) is 1.56. The number of benzene rings is 1. The van der Waals surface area contributed by atoms with E-state index in [9.17, 15) is 4.39 Å². The van der Waals surface area contributed by atoms with Crippen LogP contribution in [0.5, 0.6) is 5.75 Å². The minimum atomic E-state index is -0.305. The van der Waals surface area contributed by atoms with Crippen molar-refractivity contribution in [1.29, 1.82) is 0 Å². The standard InChI is InChI=1S/C12H15BrFNO/c1-7(15)12(5-6-12)8-3-4-9(14)10(13)11(8)16-2/h3-4,7H,5-6,15H2,1-2H3. The van der Waals surface area contributed by atoms with Crippen molar-refractivity contribution in [1.82, 2.24) is 0 Å². The largest absolute Gasteiger partial charge is 0.495 e. The van der Waals surface area contributed by atoms with E-state index in [4.69, 9.17) is 10.5 Å².